The predicted molar refractivity (Wildman–Crippen MR) is 131 cm³/mol. The summed E-state index contributed by atoms with van der Waals surface area (Å²) in [6, 6.07) is 7.82. The van der Waals surface area contributed by atoms with Gasteiger partial charge in [0.15, 0.2) is 6.73 Å². The van der Waals surface area contributed by atoms with Crippen LogP contribution in [0.2, 0.25) is 0 Å². The summed E-state index contributed by atoms with van der Waals surface area (Å²) in [4.78, 5) is 48.7. The second-order valence-corrected chi connectivity index (χ2v) is 10.4. The van der Waals surface area contributed by atoms with Crippen molar-refractivity contribution < 1.29 is 43.0 Å². The average Bonchev–Trinajstić information content (AvgIpc) is 3.30. The van der Waals surface area contributed by atoms with E-state index in [2.05, 4.69) is 19.9 Å². The van der Waals surface area contributed by atoms with Crippen molar-refractivity contribution in [3.63, 3.8) is 0 Å². The van der Waals surface area contributed by atoms with Crippen LogP contribution in [-0.2, 0) is 15.8 Å². The first-order valence-electron chi connectivity index (χ1n) is 11.7. The van der Waals surface area contributed by atoms with Gasteiger partial charge in [-0.2, -0.15) is 5.10 Å². The molecule has 15 heteroatoms. The van der Waals surface area contributed by atoms with E-state index in [0.29, 0.717) is 60.6 Å². The van der Waals surface area contributed by atoms with Crippen LogP contribution in [0.25, 0.3) is 10.9 Å². The van der Waals surface area contributed by atoms with Crippen molar-refractivity contribution in [1.82, 2.24) is 25.0 Å². The molecule has 2 aromatic heterocycles. The van der Waals surface area contributed by atoms with E-state index in [1.54, 1.807) is 30.3 Å². The van der Waals surface area contributed by atoms with Crippen molar-refractivity contribution in [2.75, 3.05) is 20.2 Å². The van der Waals surface area contributed by atoms with E-state index in [0.717, 1.165) is 0 Å². The van der Waals surface area contributed by atoms with E-state index < -0.39 is 38.2 Å². The Hall–Kier alpha value is -3.71. The summed E-state index contributed by atoms with van der Waals surface area (Å²) in [5.41, 5.74) is 0.398. The van der Waals surface area contributed by atoms with E-state index in [4.69, 9.17) is 19.3 Å². The highest BCUT2D eigenvalue weighted by Crippen LogP contribution is 2.44. The van der Waals surface area contributed by atoms with Crippen molar-refractivity contribution in [3.8, 4) is 11.6 Å². The molecule has 0 aliphatic carbocycles. The van der Waals surface area contributed by atoms with Crippen LogP contribution in [0, 0.1) is 0 Å². The van der Waals surface area contributed by atoms with E-state index in [1.165, 1.54) is 22.9 Å². The smallest absolute Gasteiger partial charge is 0.471 e. The molecule has 1 saturated heterocycles. The standard InChI is InChI=1S/C23H26N5O9P/c1-35-18-6-5-17-20(25-18)16(11-23(37-17)7-9-27(10-8-23)22(30)31)24-21(29)15-4-2-3-14-12-28(26-19(14)15)13-36-38(32,33)34/h2-6,12,16H,7-11,13H2,1H3,(H,24,29)(H,30,31)(H2,32,33,34)/t16-/m0/s1. The Bertz CT molecular complexity index is 1430. The molecule has 202 valence electrons. The van der Waals surface area contributed by atoms with Gasteiger partial charge in [0.05, 0.1) is 18.7 Å². The number of hydrogen-bond donors (Lipinski definition) is 4. The molecule has 1 fully saturated rings. The maximum atomic E-state index is 13.5. The molecule has 14 nitrogen and oxygen atoms in total. The maximum Gasteiger partial charge on any atom is 0.471 e. The maximum absolute atomic E-state index is 13.5. The number of amides is 2. The zero-order chi connectivity index (χ0) is 27.1. The molecule has 4 heterocycles. The molecule has 5 rings (SSSR count). The highest BCUT2D eigenvalue weighted by Gasteiger charge is 2.45. The number of methoxy groups -OCH3 is 1. The molecule has 2 aliphatic rings. The lowest BCUT2D eigenvalue weighted by Crippen LogP contribution is -2.53. The summed E-state index contributed by atoms with van der Waals surface area (Å²) in [6.07, 6.45) is 1.82. The van der Waals surface area contributed by atoms with Gasteiger partial charge in [0, 0.05) is 50.0 Å². The molecule has 1 atom stereocenters. The molecule has 38 heavy (non-hydrogen) atoms. The van der Waals surface area contributed by atoms with Crippen LogP contribution >= 0.6 is 7.82 Å². The van der Waals surface area contributed by atoms with Gasteiger partial charge in [-0.1, -0.05) is 12.1 Å². The van der Waals surface area contributed by atoms with Gasteiger partial charge in [-0.05, 0) is 12.1 Å². The van der Waals surface area contributed by atoms with Crippen molar-refractivity contribution >= 4 is 30.7 Å². The van der Waals surface area contributed by atoms with Gasteiger partial charge in [-0.15, -0.1) is 0 Å². The van der Waals surface area contributed by atoms with Gasteiger partial charge in [0.25, 0.3) is 5.91 Å². The summed E-state index contributed by atoms with van der Waals surface area (Å²) in [7, 11) is -3.21. The van der Waals surface area contributed by atoms with Crippen LogP contribution < -0.4 is 14.8 Å². The number of likely N-dealkylation sites (tertiary alicyclic amines) is 1. The van der Waals surface area contributed by atoms with Crippen molar-refractivity contribution in [2.45, 2.75) is 37.6 Å². The number of nitrogens with one attached hydrogen (secondary N) is 1. The number of hydrogen-bond acceptors (Lipinski definition) is 8. The van der Waals surface area contributed by atoms with Gasteiger partial charge in [-0.3, -0.25) is 9.32 Å². The zero-order valence-electron chi connectivity index (χ0n) is 20.3. The Morgan fingerprint density at radius 1 is 1.24 bits per heavy atom. The van der Waals surface area contributed by atoms with Crippen LogP contribution in [0.4, 0.5) is 4.79 Å². The molecular weight excluding hydrogens is 521 g/mol. The summed E-state index contributed by atoms with van der Waals surface area (Å²) in [6.45, 7) is 0.123. The van der Waals surface area contributed by atoms with Crippen molar-refractivity contribution in [2.24, 2.45) is 0 Å². The minimum Gasteiger partial charge on any atom is -0.485 e. The van der Waals surface area contributed by atoms with Crippen LogP contribution in [0.15, 0.2) is 36.5 Å². The third-order valence-electron chi connectivity index (χ3n) is 6.74. The third kappa shape index (κ3) is 5.29. The number of carboxylic acid groups (broad SMARTS) is 1. The molecule has 0 bridgehead atoms. The van der Waals surface area contributed by atoms with E-state index in [1.807, 2.05) is 0 Å². The highest BCUT2D eigenvalue weighted by molar-refractivity contribution is 7.46. The molecular formula is C23H26N5O9P. The van der Waals surface area contributed by atoms with Gasteiger partial charge in [0.1, 0.15) is 22.6 Å². The molecule has 4 N–H and O–H groups in total. The van der Waals surface area contributed by atoms with E-state index in [9.17, 15) is 19.3 Å². The first-order chi connectivity index (χ1) is 18.1. The largest absolute Gasteiger partial charge is 0.485 e. The van der Waals surface area contributed by atoms with Crippen LogP contribution in [0.1, 0.15) is 41.4 Å². The molecule has 0 unspecified atom stereocenters. The van der Waals surface area contributed by atoms with Gasteiger partial charge < -0.3 is 34.6 Å². The van der Waals surface area contributed by atoms with Crippen molar-refractivity contribution in [3.05, 3.63) is 47.8 Å². The molecule has 3 aromatic rings. The second-order valence-electron chi connectivity index (χ2n) is 9.18. The van der Waals surface area contributed by atoms with Gasteiger partial charge in [0.2, 0.25) is 5.88 Å². The molecule has 1 aromatic carbocycles. The number of aromatic nitrogens is 3. The van der Waals surface area contributed by atoms with Gasteiger partial charge >= 0.3 is 13.9 Å². The predicted octanol–water partition coefficient (Wildman–Crippen LogP) is 2.27. The quantitative estimate of drug-likeness (QED) is 0.332. The van der Waals surface area contributed by atoms with Gasteiger partial charge in [-0.25, -0.2) is 19.0 Å². The number of benzene rings is 1. The topological polar surface area (TPSA) is 186 Å². The van der Waals surface area contributed by atoms with Crippen LogP contribution in [-0.4, -0.2) is 72.4 Å². The fourth-order valence-electron chi connectivity index (χ4n) is 4.88. The van der Waals surface area contributed by atoms with Crippen LogP contribution in [0.5, 0.6) is 11.6 Å². The van der Waals surface area contributed by atoms with Crippen molar-refractivity contribution in [1.29, 1.82) is 0 Å². The Morgan fingerprint density at radius 2 is 2.00 bits per heavy atom. The first kappa shape index (κ1) is 25.9. The normalized spacial score (nSPS) is 18.6. The Labute approximate surface area is 216 Å². The lowest BCUT2D eigenvalue weighted by Gasteiger charge is -2.46. The number of nitrogens with zero attached hydrogens (tertiary/aromatic N) is 4. The fourth-order valence-corrected chi connectivity index (χ4v) is 5.15. The minimum absolute atomic E-state index is 0.253. The SMILES string of the molecule is COc1ccc2c(n1)[C@@H](NC(=O)c1cccc3cn(COP(=O)(O)O)nc13)CC1(CCN(C(=O)O)CC1)O2. The van der Waals surface area contributed by atoms with E-state index in [-0.39, 0.29) is 5.56 Å². The Kier molecular flexibility index (Phi) is 6.73. The molecule has 0 radical (unpaired) electrons. The van der Waals surface area contributed by atoms with Crippen LogP contribution in [0.3, 0.4) is 0 Å². The highest BCUT2D eigenvalue weighted by atomic mass is 31.2. The molecule has 2 aliphatic heterocycles. The number of carbonyl (C=O) groups is 2. The second kappa shape index (κ2) is 9.87. The summed E-state index contributed by atoms with van der Waals surface area (Å²) in [5, 5.41) is 17.2. The lowest BCUT2D eigenvalue weighted by atomic mass is 9.81. The number of ether oxygens (including phenoxy) is 2. The number of phosphoric ester groups is 1. The minimum atomic E-state index is -4.70. The molecule has 0 saturated carbocycles. The molecule has 2 amide bonds. The number of fused-ring (bicyclic) bond motifs is 2. The van der Waals surface area contributed by atoms with E-state index >= 15 is 0 Å². The third-order valence-corrected chi connectivity index (χ3v) is 7.19. The monoisotopic (exact) mass is 547 g/mol. The number of phosphoric acid groups is 1. The summed E-state index contributed by atoms with van der Waals surface area (Å²) in [5.74, 6) is 0.412. The first-order valence-corrected chi connectivity index (χ1v) is 13.3. The average molecular weight is 547 g/mol. The number of rotatable bonds is 6. The molecule has 1 spiro atoms. The summed E-state index contributed by atoms with van der Waals surface area (Å²) >= 11 is 0. The summed E-state index contributed by atoms with van der Waals surface area (Å²) < 4.78 is 28.4. The lowest BCUT2D eigenvalue weighted by molar-refractivity contribution is -0.0218. The number of carbonyl (C=O) groups excluding carboxylic acids is 1. The number of pyridine rings is 1. The zero-order valence-corrected chi connectivity index (χ0v) is 21.2. The number of piperidine rings is 1. The fraction of sp³-hybridized carbons (Fsp3) is 0.391. The Balaban J connectivity index is 1.43. The Morgan fingerprint density at radius 3 is 2.68 bits per heavy atom.